The van der Waals surface area contributed by atoms with Gasteiger partial charge >= 0.3 is 0 Å². The summed E-state index contributed by atoms with van der Waals surface area (Å²) in [6, 6.07) is 0. The molecule has 0 saturated carbocycles. The molecule has 0 bridgehead atoms. The third-order valence-electron chi connectivity index (χ3n) is 2.69. The number of fused-ring (bicyclic) bond motifs is 3. The van der Waals surface area contributed by atoms with E-state index in [4.69, 9.17) is 4.74 Å². The van der Waals surface area contributed by atoms with Crippen LogP contribution in [-0.4, -0.2) is 39.9 Å². The fourth-order valence-corrected chi connectivity index (χ4v) is 2.05. The Morgan fingerprint density at radius 3 is 3.53 bits per heavy atom. The molecule has 1 aliphatic heterocycles. The van der Waals surface area contributed by atoms with Crippen LogP contribution in [0.1, 0.15) is 11.8 Å². The monoisotopic (exact) mass is 207 g/mol. The molecular formula is C9H13N5O. The molecule has 1 atom stereocenters. The van der Waals surface area contributed by atoms with Gasteiger partial charge < -0.3 is 15.0 Å². The van der Waals surface area contributed by atoms with E-state index < -0.39 is 0 Å². The Morgan fingerprint density at radius 2 is 2.67 bits per heavy atom. The molecule has 1 aliphatic rings. The van der Waals surface area contributed by atoms with Crippen molar-refractivity contribution in [1.29, 1.82) is 0 Å². The number of aromatic nitrogens is 4. The summed E-state index contributed by atoms with van der Waals surface area (Å²) in [5.74, 6) is 0. The highest BCUT2D eigenvalue weighted by atomic mass is 16.5. The van der Waals surface area contributed by atoms with Crippen molar-refractivity contribution in [3.05, 3.63) is 12.0 Å². The average molecular weight is 207 g/mol. The fourth-order valence-electron chi connectivity index (χ4n) is 2.05. The molecule has 0 aliphatic carbocycles. The maximum absolute atomic E-state index is 5.71. The topological polar surface area (TPSA) is 67.8 Å². The molecule has 6 nitrogen and oxygen atoms in total. The summed E-state index contributed by atoms with van der Waals surface area (Å²) in [7, 11) is 1.92. The first kappa shape index (κ1) is 8.87. The number of nitrogens with one attached hydrogen (secondary N) is 2. The number of nitrogens with zero attached hydrogens (tertiary/aromatic N) is 3. The third-order valence-corrected chi connectivity index (χ3v) is 2.69. The van der Waals surface area contributed by atoms with Gasteiger partial charge in [-0.1, -0.05) is 0 Å². The van der Waals surface area contributed by atoms with Gasteiger partial charge in [0.1, 0.15) is 11.6 Å². The molecular weight excluding hydrogens is 194 g/mol. The van der Waals surface area contributed by atoms with Crippen LogP contribution < -0.4 is 5.32 Å². The van der Waals surface area contributed by atoms with Crippen LogP contribution in [0.3, 0.4) is 0 Å². The lowest BCUT2D eigenvalue weighted by Crippen LogP contribution is -2.28. The molecule has 0 aromatic carbocycles. The summed E-state index contributed by atoms with van der Waals surface area (Å²) in [6.07, 6.45) is 1.73. The van der Waals surface area contributed by atoms with Gasteiger partial charge in [0.2, 0.25) is 0 Å². The second kappa shape index (κ2) is 3.32. The first-order chi connectivity index (χ1) is 7.40. The lowest BCUT2D eigenvalue weighted by molar-refractivity contribution is 0.0193. The summed E-state index contributed by atoms with van der Waals surface area (Å²) in [6.45, 7) is 2.31. The Balaban J connectivity index is 2.13. The summed E-state index contributed by atoms with van der Waals surface area (Å²) < 4.78 is 7.70. The van der Waals surface area contributed by atoms with Gasteiger partial charge in [-0.2, -0.15) is 5.10 Å². The van der Waals surface area contributed by atoms with Crippen molar-refractivity contribution in [1.82, 2.24) is 25.1 Å². The Morgan fingerprint density at radius 1 is 1.73 bits per heavy atom. The summed E-state index contributed by atoms with van der Waals surface area (Å²) >= 11 is 0. The number of imidazole rings is 1. The molecule has 0 radical (unpaired) electrons. The van der Waals surface area contributed by atoms with Crippen LogP contribution in [0.25, 0.3) is 11.2 Å². The van der Waals surface area contributed by atoms with Crippen molar-refractivity contribution in [2.75, 3.05) is 20.2 Å². The Kier molecular flexibility index (Phi) is 1.96. The van der Waals surface area contributed by atoms with Crippen LogP contribution in [0.2, 0.25) is 0 Å². The van der Waals surface area contributed by atoms with Crippen LogP contribution in [0, 0.1) is 0 Å². The predicted molar refractivity (Wildman–Crippen MR) is 54.5 cm³/mol. The fraction of sp³-hybridized carbons (Fsp3) is 0.556. The van der Waals surface area contributed by atoms with Gasteiger partial charge in [-0.25, -0.2) is 4.98 Å². The Hall–Kier alpha value is -1.40. The van der Waals surface area contributed by atoms with Crippen LogP contribution in [0.15, 0.2) is 6.33 Å². The minimum Gasteiger partial charge on any atom is -0.369 e. The smallest absolute Gasteiger partial charge is 0.199 e. The molecule has 3 heterocycles. The van der Waals surface area contributed by atoms with Crippen molar-refractivity contribution in [2.24, 2.45) is 0 Å². The first-order valence-corrected chi connectivity index (χ1v) is 5.06. The Labute approximate surface area is 86.6 Å². The van der Waals surface area contributed by atoms with Gasteiger partial charge in [-0.3, -0.25) is 4.68 Å². The molecule has 0 spiro atoms. The highest BCUT2D eigenvalue weighted by molar-refractivity contribution is 5.73. The lowest BCUT2D eigenvalue weighted by Gasteiger charge is -2.23. The van der Waals surface area contributed by atoms with Crippen molar-refractivity contribution < 1.29 is 4.74 Å². The molecule has 2 N–H and O–H groups in total. The van der Waals surface area contributed by atoms with Gasteiger partial charge in [0, 0.05) is 6.54 Å². The molecule has 2 aromatic heterocycles. The first-order valence-electron chi connectivity index (χ1n) is 5.06. The van der Waals surface area contributed by atoms with E-state index in [1.54, 1.807) is 6.33 Å². The minimum absolute atomic E-state index is 0.0641. The predicted octanol–water partition coefficient (Wildman–Crippen LogP) is 0.0501. The highest BCUT2D eigenvalue weighted by Crippen LogP contribution is 2.27. The summed E-state index contributed by atoms with van der Waals surface area (Å²) in [5, 5.41) is 7.54. The molecule has 0 amide bonds. The normalized spacial score (nSPS) is 20.7. The highest BCUT2D eigenvalue weighted by Gasteiger charge is 2.25. The van der Waals surface area contributed by atoms with E-state index in [1.165, 1.54) is 0 Å². The zero-order valence-electron chi connectivity index (χ0n) is 8.53. The Bertz CT molecular complexity index is 474. The van der Waals surface area contributed by atoms with Crippen molar-refractivity contribution in [2.45, 2.75) is 12.6 Å². The summed E-state index contributed by atoms with van der Waals surface area (Å²) in [5.41, 5.74) is 2.87. The largest absolute Gasteiger partial charge is 0.369 e. The molecule has 0 fully saturated rings. The van der Waals surface area contributed by atoms with Gasteiger partial charge in [0.05, 0.1) is 25.2 Å². The van der Waals surface area contributed by atoms with E-state index >= 15 is 0 Å². The number of likely N-dealkylation sites (N-methyl/N-ethyl adjacent to an activating group) is 1. The van der Waals surface area contributed by atoms with Crippen molar-refractivity contribution >= 4 is 11.2 Å². The zero-order valence-corrected chi connectivity index (χ0v) is 8.53. The molecule has 0 unspecified atom stereocenters. The number of hydrogen-bond acceptors (Lipinski definition) is 4. The maximum Gasteiger partial charge on any atom is 0.199 e. The second-order valence-corrected chi connectivity index (χ2v) is 3.63. The molecule has 80 valence electrons. The van der Waals surface area contributed by atoms with Gasteiger partial charge in [-0.05, 0) is 7.05 Å². The molecule has 15 heavy (non-hydrogen) atoms. The van der Waals surface area contributed by atoms with E-state index in [0.29, 0.717) is 6.61 Å². The SMILES string of the molecule is CNC[C@H]1OCCn2nc3nc[nH]c3c21. The number of rotatable bonds is 2. The van der Waals surface area contributed by atoms with Crippen molar-refractivity contribution in [3.8, 4) is 0 Å². The standard InChI is InChI=1S/C9H13N5O/c1-10-4-6-8-7-9(12-5-11-7)13-14(8)2-3-15-6/h5-6,10H,2-4H2,1H3,(H,11,12,13)/t6-/m1/s1. The molecule has 3 rings (SSSR count). The zero-order chi connectivity index (χ0) is 10.3. The molecule has 6 heteroatoms. The van der Waals surface area contributed by atoms with Crippen LogP contribution in [-0.2, 0) is 11.3 Å². The number of hydrogen-bond donors (Lipinski definition) is 2. The lowest BCUT2D eigenvalue weighted by atomic mass is 10.2. The van der Waals surface area contributed by atoms with E-state index in [2.05, 4.69) is 20.4 Å². The van der Waals surface area contributed by atoms with E-state index in [1.807, 2.05) is 11.7 Å². The molecule has 2 aromatic rings. The third kappa shape index (κ3) is 1.25. The second-order valence-electron chi connectivity index (χ2n) is 3.63. The van der Waals surface area contributed by atoms with Crippen LogP contribution in [0.4, 0.5) is 0 Å². The minimum atomic E-state index is 0.0641. The average Bonchev–Trinajstić information content (AvgIpc) is 2.77. The quantitative estimate of drug-likeness (QED) is 0.730. The van der Waals surface area contributed by atoms with Crippen molar-refractivity contribution in [3.63, 3.8) is 0 Å². The van der Waals surface area contributed by atoms with Crippen LogP contribution >= 0.6 is 0 Å². The number of aromatic amines is 1. The maximum atomic E-state index is 5.71. The number of H-pyrrole nitrogens is 1. The van der Waals surface area contributed by atoms with Gasteiger partial charge in [0.15, 0.2) is 5.65 Å². The number of ether oxygens (including phenoxy) is 1. The van der Waals surface area contributed by atoms with E-state index in [9.17, 15) is 0 Å². The van der Waals surface area contributed by atoms with Gasteiger partial charge in [-0.15, -0.1) is 0 Å². The van der Waals surface area contributed by atoms with Crippen LogP contribution in [0.5, 0.6) is 0 Å². The van der Waals surface area contributed by atoms with E-state index in [-0.39, 0.29) is 6.10 Å². The van der Waals surface area contributed by atoms with Gasteiger partial charge in [0.25, 0.3) is 0 Å². The summed E-state index contributed by atoms with van der Waals surface area (Å²) in [4.78, 5) is 7.27. The van der Waals surface area contributed by atoms with E-state index in [0.717, 1.165) is 29.9 Å². The molecule has 0 saturated heterocycles.